The second-order valence-electron chi connectivity index (χ2n) is 7.02. The van der Waals surface area contributed by atoms with E-state index in [0.717, 1.165) is 16.8 Å². The molecule has 3 rings (SSSR count). The zero-order valence-corrected chi connectivity index (χ0v) is 17.1. The predicted molar refractivity (Wildman–Crippen MR) is 110 cm³/mol. The Labute approximate surface area is 168 Å². The molecule has 0 aliphatic heterocycles. The lowest BCUT2D eigenvalue weighted by Gasteiger charge is -2.20. The summed E-state index contributed by atoms with van der Waals surface area (Å²) in [5.74, 6) is -0.659. The maximum absolute atomic E-state index is 12.7. The number of amides is 2. The third kappa shape index (κ3) is 4.48. The minimum absolute atomic E-state index is 0.0994. The van der Waals surface area contributed by atoms with Crippen LogP contribution in [0.5, 0.6) is 0 Å². The Bertz CT molecular complexity index is 977. The number of anilines is 1. The topological polar surface area (TPSA) is 84.2 Å². The SMILES string of the molecule is Cc1ccc(-c2csc(NC(=O)C(NC(=O)c3ccco3)C(C)C)n2)c(C)c1. The Morgan fingerprint density at radius 1 is 1.18 bits per heavy atom. The average Bonchev–Trinajstić information content (AvgIpc) is 3.31. The van der Waals surface area contributed by atoms with E-state index in [1.165, 1.54) is 23.2 Å². The monoisotopic (exact) mass is 397 g/mol. The number of nitrogens with one attached hydrogen (secondary N) is 2. The molecule has 1 atom stereocenters. The quantitative estimate of drug-likeness (QED) is 0.645. The molecule has 0 aliphatic rings. The molecule has 146 valence electrons. The lowest BCUT2D eigenvalue weighted by Crippen LogP contribution is -2.47. The summed E-state index contributed by atoms with van der Waals surface area (Å²) in [6.45, 7) is 7.83. The van der Waals surface area contributed by atoms with Crippen molar-refractivity contribution in [1.82, 2.24) is 10.3 Å². The van der Waals surface area contributed by atoms with E-state index in [2.05, 4.69) is 21.7 Å². The third-order valence-corrected chi connectivity index (χ3v) is 5.13. The summed E-state index contributed by atoms with van der Waals surface area (Å²) < 4.78 is 5.09. The summed E-state index contributed by atoms with van der Waals surface area (Å²) in [6, 6.07) is 8.66. The van der Waals surface area contributed by atoms with Gasteiger partial charge in [0.05, 0.1) is 12.0 Å². The summed E-state index contributed by atoms with van der Waals surface area (Å²) in [6.07, 6.45) is 1.42. The zero-order valence-electron chi connectivity index (χ0n) is 16.3. The number of thiazole rings is 1. The highest BCUT2D eigenvalue weighted by Gasteiger charge is 2.26. The summed E-state index contributed by atoms with van der Waals surface area (Å²) in [5.41, 5.74) is 4.18. The van der Waals surface area contributed by atoms with Gasteiger partial charge >= 0.3 is 0 Å². The molecule has 0 spiro atoms. The van der Waals surface area contributed by atoms with Crippen molar-refractivity contribution in [3.05, 3.63) is 58.9 Å². The number of nitrogens with zero attached hydrogens (tertiary/aromatic N) is 1. The van der Waals surface area contributed by atoms with Crippen LogP contribution in [0.4, 0.5) is 5.13 Å². The Kier molecular flexibility index (Phi) is 5.94. The molecule has 2 N–H and O–H groups in total. The van der Waals surface area contributed by atoms with Crippen LogP contribution in [0.3, 0.4) is 0 Å². The highest BCUT2D eigenvalue weighted by Crippen LogP contribution is 2.28. The molecule has 0 aliphatic carbocycles. The number of benzene rings is 1. The number of rotatable bonds is 6. The van der Waals surface area contributed by atoms with E-state index in [0.29, 0.717) is 5.13 Å². The van der Waals surface area contributed by atoms with Crippen LogP contribution in [-0.4, -0.2) is 22.8 Å². The summed E-state index contributed by atoms with van der Waals surface area (Å²) in [7, 11) is 0. The van der Waals surface area contributed by atoms with Crippen molar-refractivity contribution in [3.63, 3.8) is 0 Å². The van der Waals surface area contributed by atoms with Crippen LogP contribution in [0.2, 0.25) is 0 Å². The molecule has 1 unspecified atom stereocenters. The van der Waals surface area contributed by atoms with Crippen molar-refractivity contribution in [3.8, 4) is 11.3 Å². The molecule has 3 aromatic rings. The van der Waals surface area contributed by atoms with Crippen LogP contribution < -0.4 is 10.6 Å². The normalized spacial score (nSPS) is 12.0. The number of carbonyl (C=O) groups is 2. The minimum Gasteiger partial charge on any atom is -0.459 e. The van der Waals surface area contributed by atoms with Crippen molar-refractivity contribution in [2.75, 3.05) is 5.32 Å². The van der Waals surface area contributed by atoms with Gasteiger partial charge in [0.2, 0.25) is 5.91 Å². The number of aryl methyl sites for hydroxylation is 2. The average molecular weight is 398 g/mol. The number of hydrogen-bond donors (Lipinski definition) is 2. The van der Waals surface area contributed by atoms with E-state index in [1.54, 1.807) is 12.1 Å². The summed E-state index contributed by atoms with van der Waals surface area (Å²) in [5, 5.41) is 7.96. The molecule has 2 amide bonds. The third-order valence-electron chi connectivity index (χ3n) is 4.37. The van der Waals surface area contributed by atoms with Gasteiger partial charge in [-0.2, -0.15) is 0 Å². The van der Waals surface area contributed by atoms with Gasteiger partial charge in [0.1, 0.15) is 6.04 Å². The van der Waals surface area contributed by atoms with Gasteiger partial charge in [0.25, 0.3) is 5.91 Å². The van der Waals surface area contributed by atoms with Gasteiger partial charge < -0.3 is 15.1 Å². The Balaban J connectivity index is 1.72. The molecule has 7 heteroatoms. The molecule has 2 heterocycles. The van der Waals surface area contributed by atoms with Gasteiger partial charge in [-0.25, -0.2) is 4.98 Å². The first-order chi connectivity index (χ1) is 13.3. The van der Waals surface area contributed by atoms with E-state index in [1.807, 2.05) is 45.2 Å². The fourth-order valence-corrected chi connectivity index (χ4v) is 3.61. The lowest BCUT2D eigenvalue weighted by atomic mass is 10.0. The number of furan rings is 1. The predicted octanol–water partition coefficient (Wildman–Crippen LogP) is 4.41. The maximum atomic E-state index is 12.7. The molecule has 0 fully saturated rings. The molecule has 0 bridgehead atoms. The van der Waals surface area contributed by atoms with E-state index >= 15 is 0 Å². The molecule has 28 heavy (non-hydrogen) atoms. The molecular weight excluding hydrogens is 374 g/mol. The summed E-state index contributed by atoms with van der Waals surface area (Å²) in [4.78, 5) is 29.5. The van der Waals surface area contributed by atoms with E-state index in [-0.39, 0.29) is 17.6 Å². The van der Waals surface area contributed by atoms with E-state index in [4.69, 9.17) is 4.42 Å². The van der Waals surface area contributed by atoms with E-state index in [9.17, 15) is 9.59 Å². The number of carbonyl (C=O) groups excluding carboxylic acids is 2. The molecule has 0 saturated heterocycles. The highest BCUT2D eigenvalue weighted by molar-refractivity contribution is 7.14. The molecule has 1 aromatic carbocycles. The van der Waals surface area contributed by atoms with Crippen molar-refractivity contribution in [1.29, 1.82) is 0 Å². The van der Waals surface area contributed by atoms with Crippen molar-refractivity contribution in [2.45, 2.75) is 33.7 Å². The largest absolute Gasteiger partial charge is 0.459 e. The van der Waals surface area contributed by atoms with Crippen LogP contribution in [0.15, 0.2) is 46.4 Å². The smallest absolute Gasteiger partial charge is 0.287 e. The van der Waals surface area contributed by atoms with Gasteiger partial charge in [-0.05, 0) is 37.5 Å². The molecule has 0 saturated carbocycles. The van der Waals surface area contributed by atoms with Gasteiger partial charge in [-0.3, -0.25) is 9.59 Å². The van der Waals surface area contributed by atoms with Gasteiger partial charge in [-0.1, -0.05) is 37.6 Å². The first-order valence-corrected chi connectivity index (χ1v) is 9.91. The zero-order chi connectivity index (χ0) is 20.3. The minimum atomic E-state index is -0.703. The van der Waals surface area contributed by atoms with Crippen molar-refractivity contribution < 1.29 is 14.0 Å². The van der Waals surface area contributed by atoms with Gasteiger partial charge in [0, 0.05) is 10.9 Å². The highest BCUT2D eigenvalue weighted by atomic mass is 32.1. The molecular formula is C21H23N3O3S. The lowest BCUT2D eigenvalue weighted by molar-refractivity contribution is -0.118. The Morgan fingerprint density at radius 2 is 1.96 bits per heavy atom. The number of hydrogen-bond acceptors (Lipinski definition) is 5. The standard InChI is InChI=1S/C21H23N3O3S/c1-12(2)18(23-19(25)17-6-5-9-27-17)20(26)24-21-22-16(11-28-21)15-8-7-13(3)10-14(15)4/h5-12,18H,1-4H3,(H,23,25)(H,22,24,26). The number of aromatic nitrogens is 1. The molecule has 6 nitrogen and oxygen atoms in total. The molecule has 2 aromatic heterocycles. The fraction of sp³-hybridized carbons (Fsp3) is 0.286. The van der Waals surface area contributed by atoms with Crippen LogP contribution in [0, 0.1) is 19.8 Å². The van der Waals surface area contributed by atoms with Crippen molar-refractivity contribution >= 4 is 28.3 Å². The van der Waals surface area contributed by atoms with Crippen LogP contribution in [-0.2, 0) is 4.79 Å². The second kappa shape index (κ2) is 8.39. The van der Waals surface area contributed by atoms with E-state index < -0.39 is 11.9 Å². The Hall–Kier alpha value is -2.93. The Morgan fingerprint density at radius 3 is 2.61 bits per heavy atom. The van der Waals surface area contributed by atoms with Gasteiger partial charge in [-0.15, -0.1) is 11.3 Å². The van der Waals surface area contributed by atoms with Crippen molar-refractivity contribution in [2.24, 2.45) is 5.92 Å². The summed E-state index contributed by atoms with van der Waals surface area (Å²) >= 11 is 1.36. The van der Waals surface area contributed by atoms with Crippen LogP contribution in [0.25, 0.3) is 11.3 Å². The maximum Gasteiger partial charge on any atom is 0.287 e. The van der Waals surface area contributed by atoms with Gasteiger partial charge in [0.15, 0.2) is 10.9 Å². The first kappa shape index (κ1) is 19.8. The fourth-order valence-electron chi connectivity index (χ4n) is 2.89. The second-order valence-corrected chi connectivity index (χ2v) is 7.88. The molecule has 0 radical (unpaired) electrons. The van der Waals surface area contributed by atoms with Crippen LogP contribution >= 0.6 is 11.3 Å². The van der Waals surface area contributed by atoms with Crippen LogP contribution in [0.1, 0.15) is 35.5 Å². The first-order valence-electron chi connectivity index (χ1n) is 9.03.